The Labute approximate surface area is 198 Å². The van der Waals surface area contributed by atoms with E-state index in [-0.39, 0.29) is 17.7 Å². The second kappa shape index (κ2) is 8.26. The van der Waals surface area contributed by atoms with Crippen LogP contribution >= 0.6 is 0 Å². The molecule has 2 heterocycles. The number of ketones is 1. The molecular weight excluding hydrogens is 420 g/mol. The molecular formula is C29H28N4O. The highest BCUT2D eigenvalue weighted by atomic mass is 16.1. The summed E-state index contributed by atoms with van der Waals surface area (Å²) in [5.41, 5.74) is 12.1. The van der Waals surface area contributed by atoms with E-state index < -0.39 is 0 Å². The van der Waals surface area contributed by atoms with Crippen molar-refractivity contribution in [1.82, 2.24) is 14.1 Å². The van der Waals surface area contributed by atoms with E-state index in [2.05, 4.69) is 63.7 Å². The zero-order valence-electron chi connectivity index (χ0n) is 19.3. The van der Waals surface area contributed by atoms with Crippen LogP contribution in [0.3, 0.4) is 0 Å². The lowest BCUT2D eigenvalue weighted by Gasteiger charge is -2.11. The molecule has 5 heteroatoms. The van der Waals surface area contributed by atoms with Gasteiger partial charge in [0.15, 0.2) is 11.6 Å². The van der Waals surface area contributed by atoms with Gasteiger partial charge in [-0.05, 0) is 55.2 Å². The van der Waals surface area contributed by atoms with Crippen molar-refractivity contribution in [3.8, 4) is 11.5 Å². The standard InChI is InChI=1S/C29H28N4O/c1-32-26-14-12-22(28(34)21-11-13-23(30)15-21)16-24(26)31-29(32)27-17-20-9-5-6-10-25(20)33(27)18-19-7-3-2-4-8-19/h2-10,12,14,16-17,21,23H,11,13,15,18,30H2,1H3. The third-order valence-electron chi connectivity index (χ3n) is 7.23. The Balaban J connectivity index is 1.45. The summed E-state index contributed by atoms with van der Waals surface area (Å²) in [6, 6.07) is 27.2. The zero-order chi connectivity index (χ0) is 23.2. The van der Waals surface area contributed by atoms with Crippen molar-refractivity contribution in [3.05, 3.63) is 90.0 Å². The lowest BCUT2D eigenvalue weighted by molar-refractivity contribution is 0.0922. The quantitative estimate of drug-likeness (QED) is 0.358. The molecule has 34 heavy (non-hydrogen) atoms. The predicted octanol–water partition coefficient (Wildman–Crippen LogP) is 5.55. The Kier molecular flexibility index (Phi) is 5.07. The van der Waals surface area contributed by atoms with Crippen molar-refractivity contribution in [2.24, 2.45) is 18.7 Å². The summed E-state index contributed by atoms with van der Waals surface area (Å²) in [6.07, 6.45) is 2.59. The molecule has 0 bridgehead atoms. The van der Waals surface area contributed by atoms with Gasteiger partial charge in [-0.1, -0.05) is 48.5 Å². The molecule has 0 radical (unpaired) electrons. The Morgan fingerprint density at radius 3 is 2.56 bits per heavy atom. The number of hydrogen-bond acceptors (Lipinski definition) is 3. The lowest BCUT2D eigenvalue weighted by atomic mass is 9.96. The van der Waals surface area contributed by atoms with Gasteiger partial charge >= 0.3 is 0 Å². The first-order valence-corrected chi connectivity index (χ1v) is 12.0. The zero-order valence-corrected chi connectivity index (χ0v) is 19.3. The van der Waals surface area contributed by atoms with E-state index in [1.807, 2.05) is 31.3 Å². The number of para-hydroxylation sites is 1. The monoisotopic (exact) mass is 448 g/mol. The summed E-state index contributed by atoms with van der Waals surface area (Å²) in [6.45, 7) is 0.762. The predicted molar refractivity (Wildman–Crippen MR) is 137 cm³/mol. The highest BCUT2D eigenvalue weighted by molar-refractivity contribution is 6.01. The third kappa shape index (κ3) is 3.53. The SMILES string of the molecule is Cn1c(-c2cc3ccccc3n2Cc2ccccc2)nc2cc(C(=O)C3CCC(N)C3)ccc21. The van der Waals surface area contributed by atoms with Crippen molar-refractivity contribution in [2.75, 3.05) is 0 Å². The van der Waals surface area contributed by atoms with E-state index >= 15 is 0 Å². The summed E-state index contributed by atoms with van der Waals surface area (Å²) in [5.74, 6) is 1.12. The van der Waals surface area contributed by atoms with Crippen LogP contribution in [-0.2, 0) is 13.6 Å². The van der Waals surface area contributed by atoms with Crippen LogP contribution in [-0.4, -0.2) is 25.9 Å². The minimum absolute atomic E-state index is 0.0315. The van der Waals surface area contributed by atoms with Crippen molar-refractivity contribution in [3.63, 3.8) is 0 Å². The van der Waals surface area contributed by atoms with E-state index in [4.69, 9.17) is 10.7 Å². The molecule has 0 saturated heterocycles. The minimum Gasteiger partial charge on any atom is -0.333 e. The van der Waals surface area contributed by atoms with Gasteiger partial charge in [-0.25, -0.2) is 4.98 Å². The molecule has 6 rings (SSSR count). The van der Waals surface area contributed by atoms with Crippen molar-refractivity contribution < 1.29 is 4.79 Å². The number of fused-ring (bicyclic) bond motifs is 2. The number of benzene rings is 3. The maximum absolute atomic E-state index is 13.1. The number of carbonyl (C=O) groups is 1. The summed E-state index contributed by atoms with van der Waals surface area (Å²) >= 11 is 0. The highest BCUT2D eigenvalue weighted by Crippen LogP contribution is 2.32. The summed E-state index contributed by atoms with van der Waals surface area (Å²) < 4.78 is 4.46. The molecule has 1 fully saturated rings. The molecule has 0 spiro atoms. The lowest BCUT2D eigenvalue weighted by Crippen LogP contribution is -2.18. The van der Waals surface area contributed by atoms with Crippen molar-refractivity contribution in [2.45, 2.75) is 31.8 Å². The van der Waals surface area contributed by atoms with Crippen LogP contribution in [0.25, 0.3) is 33.5 Å². The Morgan fingerprint density at radius 2 is 1.76 bits per heavy atom. The Hall–Kier alpha value is -3.70. The second-order valence-electron chi connectivity index (χ2n) is 9.49. The minimum atomic E-state index is 0.0315. The first kappa shape index (κ1) is 20.9. The van der Waals surface area contributed by atoms with Gasteiger partial charge < -0.3 is 14.9 Å². The molecule has 2 atom stereocenters. The summed E-state index contributed by atoms with van der Waals surface area (Å²) in [5, 5.41) is 1.19. The van der Waals surface area contributed by atoms with Gasteiger partial charge in [-0.15, -0.1) is 0 Å². The van der Waals surface area contributed by atoms with Gasteiger partial charge in [0.1, 0.15) is 0 Å². The number of imidazole rings is 1. The smallest absolute Gasteiger partial charge is 0.166 e. The maximum Gasteiger partial charge on any atom is 0.166 e. The van der Waals surface area contributed by atoms with Crippen molar-refractivity contribution in [1.29, 1.82) is 0 Å². The number of Topliss-reactive ketones (excluding diaryl/α,β-unsaturated/α-hetero) is 1. The van der Waals surface area contributed by atoms with Gasteiger partial charge in [0, 0.05) is 42.0 Å². The molecule has 5 nitrogen and oxygen atoms in total. The van der Waals surface area contributed by atoms with Crippen LogP contribution in [0.5, 0.6) is 0 Å². The number of nitrogens with two attached hydrogens (primary N) is 1. The van der Waals surface area contributed by atoms with E-state index in [1.54, 1.807) is 0 Å². The van der Waals surface area contributed by atoms with Crippen LogP contribution in [0, 0.1) is 5.92 Å². The van der Waals surface area contributed by atoms with Crippen LogP contribution in [0.4, 0.5) is 0 Å². The molecule has 170 valence electrons. The highest BCUT2D eigenvalue weighted by Gasteiger charge is 2.29. The fourth-order valence-corrected chi connectivity index (χ4v) is 5.40. The van der Waals surface area contributed by atoms with Gasteiger partial charge in [-0.3, -0.25) is 4.79 Å². The first-order chi connectivity index (χ1) is 16.6. The van der Waals surface area contributed by atoms with Gasteiger partial charge in [-0.2, -0.15) is 0 Å². The second-order valence-corrected chi connectivity index (χ2v) is 9.49. The van der Waals surface area contributed by atoms with E-state index in [1.165, 1.54) is 16.5 Å². The molecule has 2 unspecified atom stereocenters. The molecule has 1 aliphatic carbocycles. The van der Waals surface area contributed by atoms with Crippen LogP contribution < -0.4 is 5.73 Å². The fraction of sp³-hybridized carbons (Fsp3) is 0.241. The van der Waals surface area contributed by atoms with Crippen molar-refractivity contribution >= 4 is 27.7 Å². The summed E-state index contributed by atoms with van der Waals surface area (Å²) in [7, 11) is 2.05. The molecule has 1 saturated carbocycles. The number of carbonyl (C=O) groups excluding carboxylic acids is 1. The van der Waals surface area contributed by atoms with Gasteiger partial charge in [0.25, 0.3) is 0 Å². The van der Waals surface area contributed by atoms with Gasteiger partial charge in [0.05, 0.1) is 16.7 Å². The fourth-order valence-electron chi connectivity index (χ4n) is 5.40. The van der Waals surface area contributed by atoms with Gasteiger partial charge in [0.2, 0.25) is 0 Å². The largest absolute Gasteiger partial charge is 0.333 e. The third-order valence-corrected chi connectivity index (χ3v) is 7.23. The average molecular weight is 449 g/mol. The average Bonchev–Trinajstić information content (AvgIpc) is 3.55. The molecule has 1 aliphatic rings. The van der Waals surface area contributed by atoms with E-state index in [0.29, 0.717) is 0 Å². The van der Waals surface area contributed by atoms with E-state index in [9.17, 15) is 4.79 Å². The number of nitrogens with zero attached hydrogens (tertiary/aromatic N) is 3. The molecule has 2 aromatic heterocycles. The van der Waals surface area contributed by atoms with Crippen LogP contribution in [0.1, 0.15) is 35.2 Å². The molecule has 0 amide bonds. The van der Waals surface area contributed by atoms with E-state index in [0.717, 1.165) is 53.9 Å². The Morgan fingerprint density at radius 1 is 0.971 bits per heavy atom. The molecule has 0 aliphatic heterocycles. The van der Waals surface area contributed by atoms with Crippen LogP contribution in [0.15, 0.2) is 78.9 Å². The maximum atomic E-state index is 13.1. The number of hydrogen-bond donors (Lipinski definition) is 1. The number of rotatable bonds is 5. The normalized spacial score (nSPS) is 18.2. The number of aromatic nitrogens is 3. The van der Waals surface area contributed by atoms with Crippen LogP contribution in [0.2, 0.25) is 0 Å². The number of aryl methyl sites for hydroxylation is 1. The Bertz CT molecular complexity index is 1510. The first-order valence-electron chi connectivity index (χ1n) is 12.0. The topological polar surface area (TPSA) is 65.8 Å². The molecule has 3 aromatic carbocycles. The molecule has 5 aromatic rings. The summed E-state index contributed by atoms with van der Waals surface area (Å²) in [4.78, 5) is 18.1. The molecule has 2 N–H and O–H groups in total.